The molecule has 0 bridgehead atoms. The molecule has 1 N–H and O–H groups in total. The number of carbonyl (C=O) groups is 2. The average molecular weight is 362 g/mol. The van der Waals surface area contributed by atoms with E-state index < -0.39 is 5.82 Å². The van der Waals surface area contributed by atoms with Crippen LogP contribution in [0.2, 0.25) is 5.02 Å². The van der Waals surface area contributed by atoms with Crippen LogP contribution in [0.1, 0.15) is 40.7 Å². The lowest BCUT2D eigenvalue weighted by Gasteiger charge is -2.13. The van der Waals surface area contributed by atoms with Gasteiger partial charge < -0.3 is 10.1 Å². The summed E-state index contributed by atoms with van der Waals surface area (Å²) < 4.78 is 19.5. The molecule has 6 heteroatoms. The van der Waals surface area contributed by atoms with Gasteiger partial charge in [-0.2, -0.15) is 0 Å². The van der Waals surface area contributed by atoms with Crippen molar-refractivity contribution in [2.45, 2.75) is 26.2 Å². The van der Waals surface area contributed by atoms with Gasteiger partial charge in [-0.05, 0) is 48.7 Å². The fraction of sp³-hybridized carbons (Fsp3) is 0.263. The van der Waals surface area contributed by atoms with E-state index in [0.29, 0.717) is 16.3 Å². The van der Waals surface area contributed by atoms with Gasteiger partial charge in [-0.15, -0.1) is 0 Å². The first kappa shape index (κ1) is 17.4. The Labute approximate surface area is 149 Å². The van der Waals surface area contributed by atoms with Gasteiger partial charge in [0, 0.05) is 22.7 Å². The zero-order valence-corrected chi connectivity index (χ0v) is 14.6. The minimum Gasteiger partial charge on any atom is -0.483 e. The lowest BCUT2D eigenvalue weighted by atomic mass is 10.0. The van der Waals surface area contributed by atoms with Crippen molar-refractivity contribution in [3.05, 3.63) is 57.9 Å². The molecule has 2 aromatic carbocycles. The summed E-state index contributed by atoms with van der Waals surface area (Å²) in [6.07, 6.45) is 0.253. The molecule has 1 amide bonds. The number of benzene rings is 2. The molecule has 2 aromatic rings. The van der Waals surface area contributed by atoms with E-state index in [1.807, 2.05) is 6.92 Å². The summed E-state index contributed by atoms with van der Waals surface area (Å²) in [5.74, 6) is -0.889. The van der Waals surface area contributed by atoms with Crippen LogP contribution in [-0.2, 0) is 4.79 Å². The monoisotopic (exact) mass is 361 g/mol. The first-order chi connectivity index (χ1) is 11.9. The number of carbonyl (C=O) groups excluding carboxylic acids is 2. The summed E-state index contributed by atoms with van der Waals surface area (Å²) in [5, 5.41) is 3.31. The summed E-state index contributed by atoms with van der Waals surface area (Å²) in [6.45, 7) is 3.35. The lowest BCUT2D eigenvalue weighted by molar-refractivity contribution is -0.118. The number of anilines is 1. The van der Waals surface area contributed by atoms with Gasteiger partial charge in [0.2, 0.25) is 0 Å². The number of halogens is 2. The van der Waals surface area contributed by atoms with Crippen molar-refractivity contribution in [3.8, 4) is 5.75 Å². The molecule has 1 aliphatic carbocycles. The molecule has 0 fully saturated rings. The molecular formula is C19H17ClFNO3. The highest BCUT2D eigenvalue weighted by atomic mass is 35.5. The number of Topliss-reactive ketones (excluding diaryl/α,β-unsaturated/α-hetero) is 1. The van der Waals surface area contributed by atoms with Crippen molar-refractivity contribution in [1.82, 2.24) is 0 Å². The number of aryl methyl sites for hydroxylation is 1. The fourth-order valence-electron chi connectivity index (χ4n) is 3.04. The van der Waals surface area contributed by atoms with Crippen molar-refractivity contribution in [2.75, 3.05) is 11.9 Å². The molecule has 130 valence electrons. The number of fused-ring (bicyclic) bond motifs is 1. The number of ketones is 1. The zero-order valence-electron chi connectivity index (χ0n) is 13.9. The topological polar surface area (TPSA) is 55.4 Å². The maximum atomic E-state index is 14.0. The standard InChI is InChI=1S/C19H17ClFNO3/c1-10-7-12(20)3-5-14(10)22-17(24)9-25-16-6-4-13(21)18-11(2)8-15(23)19(16)18/h3-7,11H,8-9H2,1-2H3,(H,22,24)/t11-/m1/s1. The Kier molecular flexibility index (Phi) is 4.77. The van der Waals surface area contributed by atoms with Crippen LogP contribution in [0, 0.1) is 12.7 Å². The summed E-state index contributed by atoms with van der Waals surface area (Å²) in [4.78, 5) is 24.2. The van der Waals surface area contributed by atoms with E-state index in [4.69, 9.17) is 16.3 Å². The van der Waals surface area contributed by atoms with E-state index in [9.17, 15) is 14.0 Å². The maximum Gasteiger partial charge on any atom is 0.262 e. The van der Waals surface area contributed by atoms with Crippen molar-refractivity contribution in [1.29, 1.82) is 0 Å². The highest BCUT2D eigenvalue weighted by Crippen LogP contribution is 2.39. The quantitative estimate of drug-likeness (QED) is 0.872. The Balaban J connectivity index is 1.72. The van der Waals surface area contributed by atoms with Gasteiger partial charge in [-0.3, -0.25) is 9.59 Å². The third kappa shape index (κ3) is 3.51. The van der Waals surface area contributed by atoms with Crippen LogP contribution >= 0.6 is 11.6 Å². The van der Waals surface area contributed by atoms with Crippen LogP contribution < -0.4 is 10.1 Å². The molecule has 4 nitrogen and oxygen atoms in total. The predicted octanol–water partition coefficient (Wildman–Crippen LogP) is 4.49. The zero-order chi connectivity index (χ0) is 18.1. The maximum absolute atomic E-state index is 14.0. The predicted molar refractivity (Wildman–Crippen MR) is 94.1 cm³/mol. The Morgan fingerprint density at radius 3 is 2.84 bits per heavy atom. The Morgan fingerprint density at radius 2 is 2.12 bits per heavy atom. The van der Waals surface area contributed by atoms with Crippen LogP contribution in [0.4, 0.5) is 10.1 Å². The summed E-state index contributed by atoms with van der Waals surface area (Å²) in [7, 11) is 0. The molecule has 0 saturated heterocycles. The normalized spacial score (nSPS) is 15.8. The van der Waals surface area contributed by atoms with Gasteiger partial charge in [-0.1, -0.05) is 18.5 Å². The van der Waals surface area contributed by atoms with Crippen LogP contribution in [0.3, 0.4) is 0 Å². The van der Waals surface area contributed by atoms with Crippen LogP contribution in [0.5, 0.6) is 5.75 Å². The first-order valence-corrected chi connectivity index (χ1v) is 8.29. The van der Waals surface area contributed by atoms with Gasteiger partial charge in [0.05, 0.1) is 5.56 Å². The molecule has 3 rings (SSSR count). The summed E-state index contributed by atoms with van der Waals surface area (Å²) >= 11 is 5.89. The van der Waals surface area contributed by atoms with Crippen molar-refractivity contribution < 1.29 is 18.7 Å². The van der Waals surface area contributed by atoms with Crippen molar-refractivity contribution >= 4 is 29.0 Å². The Hall–Kier alpha value is -2.40. The SMILES string of the molecule is Cc1cc(Cl)ccc1NC(=O)COc1ccc(F)c2c1C(=O)C[C@H]2C. The molecule has 0 radical (unpaired) electrons. The highest BCUT2D eigenvalue weighted by molar-refractivity contribution is 6.30. The highest BCUT2D eigenvalue weighted by Gasteiger charge is 2.32. The summed E-state index contributed by atoms with van der Waals surface area (Å²) in [5.41, 5.74) is 2.08. The van der Waals surface area contributed by atoms with E-state index >= 15 is 0 Å². The van der Waals surface area contributed by atoms with E-state index in [0.717, 1.165) is 5.56 Å². The minimum atomic E-state index is -0.415. The van der Waals surface area contributed by atoms with Gasteiger partial charge in [-0.25, -0.2) is 4.39 Å². The Morgan fingerprint density at radius 1 is 1.36 bits per heavy atom. The molecule has 0 unspecified atom stereocenters. The van der Waals surface area contributed by atoms with Gasteiger partial charge in [0.15, 0.2) is 12.4 Å². The van der Waals surface area contributed by atoms with Crippen molar-refractivity contribution in [3.63, 3.8) is 0 Å². The van der Waals surface area contributed by atoms with Crippen LogP contribution in [-0.4, -0.2) is 18.3 Å². The number of hydrogen-bond acceptors (Lipinski definition) is 3. The van der Waals surface area contributed by atoms with Crippen molar-refractivity contribution in [2.24, 2.45) is 0 Å². The third-order valence-corrected chi connectivity index (χ3v) is 4.47. The van der Waals surface area contributed by atoms with Crippen LogP contribution in [0.15, 0.2) is 30.3 Å². The molecule has 1 aliphatic rings. The first-order valence-electron chi connectivity index (χ1n) is 7.91. The van der Waals surface area contributed by atoms with E-state index in [-0.39, 0.29) is 41.9 Å². The van der Waals surface area contributed by atoms with E-state index in [2.05, 4.69) is 5.32 Å². The van der Waals surface area contributed by atoms with Crippen LogP contribution in [0.25, 0.3) is 0 Å². The smallest absolute Gasteiger partial charge is 0.262 e. The molecule has 0 heterocycles. The Bertz CT molecular complexity index is 866. The van der Waals surface area contributed by atoms with Gasteiger partial charge in [0.25, 0.3) is 5.91 Å². The number of hydrogen-bond donors (Lipinski definition) is 1. The number of ether oxygens (including phenoxy) is 1. The number of nitrogens with one attached hydrogen (secondary N) is 1. The van der Waals surface area contributed by atoms with Gasteiger partial charge >= 0.3 is 0 Å². The lowest BCUT2D eigenvalue weighted by Crippen LogP contribution is -2.21. The second-order valence-electron chi connectivity index (χ2n) is 6.16. The number of rotatable bonds is 4. The second kappa shape index (κ2) is 6.84. The average Bonchev–Trinajstić information content (AvgIpc) is 2.85. The third-order valence-electron chi connectivity index (χ3n) is 4.24. The molecule has 0 saturated carbocycles. The number of amides is 1. The molecule has 0 aliphatic heterocycles. The van der Waals surface area contributed by atoms with Gasteiger partial charge in [0.1, 0.15) is 11.6 Å². The largest absolute Gasteiger partial charge is 0.483 e. The fourth-order valence-corrected chi connectivity index (χ4v) is 3.27. The molecule has 25 heavy (non-hydrogen) atoms. The molecule has 0 spiro atoms. The van der Waals surface area contributed by atoms with E-state index in [1.165, 1.54) is 12.1 Å². The second-order valence-corrected chi connectivity index (χ2v) is 6.60. The minimum absolute atomic E-state index is 0.161. The van der Waals surface area contributed by atoms with E-state index in [1.54, 1.807) is 25.1 Å². The molecule has 1 atom stereocenters. The molecular weight excluding hydrogens is 345 g/mol. The molecule has 0 aromatic heterocycles. The summed E-state index contributed by atoms with van der Waals surface area (Å²) in [6, 6.07) is 7.79.